The molecule has 0 spiro atoms. The van der Waals surface area contributed by atoms with Crippen molar-refractivity contribution >= 4 is 0 Å². The second kappa shape index (κ2) is 7.96. The van der Waals surface area contributed by atoms with E-state index in [0.717, 1.165) is 41.7 Å². The molecule has 0 amide bonds. The molecule has 0 aliphatic carbocycles. The van der Waals surface area contributed by atoms with Crippen molar-refractivity contribution in [2.75, 3.05) is 6.54 Å². The Kier molecular flexibility index (Phi) is 5.65. The van der Waals surface area contributed by atoms with Crippen LogP contribution in [0.1, 0.15) is 28.2 Å². The Balaban J connectivity index is 1.71. The molecule has 1 N–H and O–H groups in total. The molecule has 0 radical (unpaired) electrons. The van der Waals surface area contributed by atoms with E-state index in [2.05, 4.69) is 10.3 Å². The molecular weight excluding hydrogens is 351 g/mol. The highest BCUT2D eigenvalue weighted by molar-refractivity contribution is 5.43. The minimum Gasteiger partial charge on any atom is -0.318 e. The maximum Gasteiger partial charge on any atom is 0.416 e. The van der Waals surface area contributed by atoms with Crippen molar-refractivity contribution in [1.82, 2.24) is 14.9 Å². The van der Waals surface area contributed by atoms with Gasteiger partial charge >= 0.3 is 6.18 Å². The van der Waals surface area contributed by atoms with E-state index in [0.29, 0.717) is 12.2 Å². The topological polar surface area (TPSA) is 29.9 Å². The summed E-state index contributed by atoms with van der Waals surface area (Å²) in [6.45, 7) is 5.28. The van der Waals surface area contributed by atoms with E-state index in [1.165, 1.54) is 12.1 Å². The molecule has 0 saturated carbocycles. The number of hydrogen-bond acceptors (Lipinski definition) is 2. The van der Waals surface area contributed by atoms with Crippen LogP contribution in [0.15, 0.2) is 54.7 Å². The first-order chi connectivity index (χ1) is 12.9. The van der Waals surface area contributed by atoms with Gasteiger partial charge in [-0.3, -0.25) is 4.98 Å². The molecule has 3 nitrogen and oxygen atoms in total. The maximum atomic E-state index is 13.0. The number of halogens is 3. The molecule has 3 rings (SSSR count). The third-order valence-corrected chi connectivity index (χ3v) is 4.57. The van der Waals surface area contributed by atoms with Gasteiger partial charge < -0.3 is 9.88 Å². The van der Waals surface area contributed by atoms with Gasteiger partial charge in [0.2, 0.25) is 0 Å². The lowest BCUT2D eigenvalue weighted by molar-refractivity contribution is -0.137. The van der Waals surface area contributed by atoms with Gasteiger partial charge in [-0.1, -0.05) is 12.1 Å². The van der Waals surface area contributed by atoms with Crippen LogP contribution in [0, 0.1) is 13.8 Å². The fraction of sp³-hybridized carbons (Fsp3) is 0.286. The van der Waals surface area contributed by atoms with Crippen molar-refractivity contribution in [2.45, 2.75) is 33.0 Å². The zero-order valence-corrected chi connectivity index (χ0v) is 15.3. The number of hydrogen-bond donors (Lipinski definition) is 1. The van der Waals surface area contributed by atoms with Crippen LogP contribution in [0.25, 0.3) is 5.69 Å². The molecule has 2 heterocycles. The molecule has 3 aromatic rings. The lowest BCUT2D eigenvalue weighted by Crippen LogP contribution is -2.17. The summed E-state index contributed by atoms with van der Waals surface area (Å²) in [4.78, 5) is 4.29. The van der Waals surface area contributed by atoms with Crippen LogP contribution in [0.5, 0.6) is 0 Å². The molecule has 2 aromatic heterocycles. The maximum absolute atomic E-state index is 13.0. The minimum absolute atomic E-state index is 0.527. The third kappa shape index (κ3) is 4.57. The zero-order chi connectivity index (χ0) is 19.4. The SMILES string of the molecule is Cc1cc(CNCCc2ccccn2)c(C)n1-c1cccc(C(F)(F)F)c1. The van der Waals surface area contributed by atoms with Crippen molar-refractivity contribution in [2.24, 2.45) is 0 Å². The molecule has 0 unspecified atom stereocenters. The number of nitrogens with one attached hydrogen (secondary N) is 1. The largest absolute Gasteiger partial charge is 0.416 e. The second-order valence-electron chi connectivity index (χ2n) is 6.53. The number of nitrogens with zero attached hydrogens (tertiary/aromatic N) is 2. The van der Waals surface area contributed by atoms with E-state index in [1.54, 1.807) is 12.3 Å². The summed E-state index contributed by atoms with van der Waals surface area (Å²) in [6.07, 6.45) is -1.74. The van der Waals surface area contributed by atoms with E-state index >= 15 is 0 Å². The fourth-order valence-corrected chi connectivity index (χ4v) is 3.21. The minimum atomic E-state index is -4.35. The number of alkyl halides is 3. The molecule has 0 bridgehead atoms. The fourth-order valence-electron chi connectivity index (χ4n) is 3.21. The van der Waals surface area contributed by atoms with Gasteiger partial charge in [0.15, 0.2) is 0 Å². The zero-order valence-electron chi connectivity index (χ0n) is 15.3. The Morgan fingerprint density at radius 3 is 2.56 bits per heavy atom. The average molecular weight is 373 g/mol. The van der Waals surface area contributed by atoms with Crippen LogP contribution < -0.4 is 5.32 Å². The number of rotatable bonds is 6. The molecule has 0 fully saturated rings. The smallest absolute Gasteiger partial charge is 0.318 e. The molecule has 0 atom stereocenters. The van der Waals surface area contributed by atoms with E-state index in [4.69, 9.17) is 0 Å². The van der Waals surface area contributed by atoms with Crippen LogP contribution in [0.3, 0.4) is 0 Å². The van der Waals surface area contributed by atoms with Crippen LogP contribution in [0.2, 0.25) is 0 Å². The Hall–Kier alpha value is -2.60. The van der Waals surface area contributed by atoms with Gasteiger partial charge in [-0.15, -0.1) is 0 Å². The van der Waals surface area contributed by atoms with Gasteiger partial charge in [0.25, 0.3) is 0 Å². The monoisotopic (exact) mass is 373 g/mol. The van der Waals surface area contributed by atoms with Gasteiger partial charge in [-0.25, -0.2) is 0 Å². The summed E-state index contributed by atoms with van der Waals surface area (Å²) in [5, 5.41) is 3.39. The van der Waals surface area contributed by atoms with Crippen molar-refractivity contribution < 1.29 is 13.2 Å². The quantitative estimate of drug-likeness (QED) is 0.627. The molecule has 0 aliphatic rings. The van der Waals surface area contributed by atoms with Crippen molar-refractivity contribution in [1.29, 1.82) is 0 Å². The van der Waals surface area contributed by atoms with E-state index in [9.17, 15) is 13.2 Å². The number of benzene rings is 1. The molecule has 0 saturated heterocycles. The van der Waals surface area contributed by atoms with Crippen molar-refractivity contribution in [3.05, 3.63) is 82.9 Å². The average Bonchev–Trinajstić information content (AvgIpc) is 2.92. The van der Waals surface area contributed by atoms with E-state index < -0.39 is 11.7 Å². The Labute approximate surface area is 156 Å². The van der Waals surface area contributed by atoms with Crippen molar-refractivity contribution in [3.63, 3.8) is 0 Å². The number of aryl methyl sites for hydroxylation is 1. The van der Waals surface area contributed by atoms with Crippen molar-refractivity contribution in [3.8, 4) is 5.69 Å². The highest BCUT2D eigenvalue weighted by atomic mass is 19.4. The molecule has 142 valence electrons. The lowest BCUT2D eigenvalue weighted by Gasteiger charge is -2.13. The van der Waals surface area contributed by atoms with Crippen LogP contribution in [0.4, 0.5) is 13.2 Å². The predicted molar refractivity (Wildman–Crippen MR) is 99.9 cm³/mol. The second-order valence-corrected chi connectivity index (χ2v) is 6.53. The van der Waals surface area contributed by atoms with Crippen LogP contribution >= 0.6 is 0 Å². The number of pyridine rings is 1. The highest BCUT2D eigenvalue weighted by Crippen LogP contribution is 2.31. The van der Waals surface area contributed by atoms with Gasteiger partial charge in [0.1, 0.15) is 0 Å². The van der Waals surface area contributed by atoms with E-state index in [1.807, 2.05) is 42.7 Å². The van der Waals surface area contributed by atoms with Gasteiger partial charge in [0.05, 0.1) is 5.56 Å². The Morgan fingerprint density at radius 1 is 1.04 bits per heavy atom. The van der Waals surface area contributed by atoms with Gasteiger partial charge in [-0.2, -0.15) is 13.2 Å². The summed E-state index contributed by atoms with van der Waals surface area (Å²) in [6, 6.07) is 13.3. The molecule has 0 aliphatic heterocycles. The summed E-state index contributed by atoms with van der Waals surface area (Å²) < 4.78 is 40.9. The van der Waals surface area contributed by atoms with Gasteiger partial charge in [0, 0.05) is 48.5 Å². The first-order valence-corrected chi connectivity index (χ1v) is 8.82. The Morgan fingerprint density at radius 2 is 1.85 bits per heavy atom. The molecular formula is C21H22F3N3. The third-order valence-electron chi connectivity index (χ3n) is 4.57. The van der Waals surface area contributed by atoms with E-state index in [-0.39, 0.29) is 0 Å². The first kappa shape index (κ1) is 19.2. The normalized spacial score (nSPS) is 11.7. The Bertz CT molecular complexity index is 899. The molecule has 1 aromatic carbocycles. The van der Waals surface area contributed by atoms with Crippen LogP contribution in [-0.4, -0.2) is 16.1 Å². The predicted octanol–water partition coefficient (Wildman–Crippen LogP) is 4.84. The van der Waals surface area contributed by atoms with Crippen LogP contribution in [-0.2, 0) is 19.1 Å². The summed E-state index contributed by atoms with van der Waals surface area (Å²) in [7, 11) is 0. The molecule has 27 heavy (non-hydrogen) atoms. The van der Waals surface area contributed by atoms with Gasteiger partial charge in [-0.05, 0) is 55.8 Å². The lowest BCUT2D eigenvalue weighted by atomic mass is 10.2. The number of aromatic nitrogens is 2. The standard InChI is InChI=1S/C21H22F3N3/c1-15-12-17(14-25-11-9-19-7-3-4-10-26-19)16(2)27(15)20-8-5-6-18(13-20)21(22,23)24/h3-8,10,12-13,25H,9,11,14H2,1-2H3. The summed E-state index contributed by atoms with van der Waals surface area (Å²) in [5.41, 5.74) is 3.85. The highest BCUT2D eigenvalue weighted by Gasteiger charge is 2.30. The first-order valence-electron chi connectivity index (χ1n) is 8.82. The summed E-state index contributed by atoms with van der Waals surface area (Å²) >= 11 is 0. The molecule has 6 heteroatoms. The summed E-state index contributed by atoms with van der Waals surface area (Å²) in [5.74, 6) is 0.